The number of rotatable bonds is 5. The van der Waals surface area contributed by atoms with E-state index in [-0.39, 0.29) is 0 Å². The van der Waals surface area contributed by atoms with Crippen molar-refractivity contribution in [3.05, 3.63) is 23.8 Å². The summed E-state index contributed by atoms with van der Waals surface area (Å²) in [6, 6.07) is 6.19. The SMILES string of the molecule is Cc1ccc(NCCCC2CC2)c(N)c1. The van der Waals surface area contributed by atoms with Gasteiger partial charge >= 0.3 is 0 Å². The first-order valence-electron chi connectivity index (χ1n) is 5.86. The Morgan fingerprint density at radius 1 is 1.40 bits per heavy atom. The van der Waals surface area contributed by atoms with Crippen LogP contribution >= 0.6 is 0 Å². The van der Waals surface area contributed by atoms with Crippen molar-refractivity contribution in [2.45, 2.75) is 32.6 Å². The normalized spacial score (nSPS) is 15.3. The number of nitrogens with two attached hydrogens (primary N) is 1. The molecule has 2 rings (SSSR count). The zero-order valence-corrected chi connectivity index (χ0v) is 9.42. The summed E-state index contributed by atoms with van der Waals surface area (Å²) >= 11 is 0. The summed E-state index contributed by atoms with van der Waals surface area (Å²) < 4.78 is 0. The summed E-state index contributed by atoms with van der Waals surface area (Å²) in [5, 5.41) is 3.40. The highest BCUT2D eigenvalue weighted by Gasteiger charge is 2.19. The maximum absolute atomic E-state index is 5.91. The van der Waals surface area contributed by atoms with Crippen molar-refractivity contribution in [3.63, 3.8) is 0 Å². The smallest absolute Gasteiger partial charge is 0.0574 e. The van der Waals surface area contributed by atoms with Gasteiger partial charge in [0.05, 0.1) is 11.4 Å². The highest BCUT2D eigenvalue weighted by molar-refractivity contribution is 5.66. The third-order valence-electron chi connectivity index (χ3n) is 3.01. The van der Waals surface area contributed by atoms with E-state index in [1.807, 2.05) is 6.07 Å². The van der Waals surface area contributed by atoms with Gasteiger partial charge in [0.25, 0.3) is 0 Å². The number of nitrogens with one attached hydrogen (secondary N) is 1. The topological polar surface area (TPSA) is 38.0 Å². The molecule has 0 aliphatic heterocycles. The van der Waals surface area contributed by atoms with Crippen molar-refractivity contribution < 1.29 is 0 Å². The predicted octanol–water partition coefficient (Wildman–Crippen LogP) is 3.18. The average molecular weight is 204 g/mol. The van der Waals surface area contributed by atoms with Gasteiger partial charge in [-0.3, -0.25) is 0 Å². The first-order chi connectivity index (χ1) is 7.25. The van der Waals surface area contributed by atoms with Gasteiger partial charge in [-0.1, -0.05) is 18.9 Å². The first kappa shape index (κ1) is 10.3. The molecule has 0 saturated heterocycles. The van der Waals surface area contributed by atoms with E-state index in [1.165, 1.54) is 31.2 Å². The fourth-order valence-electron chi connectivity index (χ4n) is 1.86. The Hall–Kier alpha value is -1.18. The third kappa shape index (κ3) is 3.15. The lowest BCUT2D eigenvalue weighted by Gasteiger charge is -2.09. The van der Waals surface area contributed by atoms with Crippen LogP contribution in [0.5, 0.6) is 0 Å². The van der Waals surface area contributed by atoms with Crippen LogP contribution in [0.1, 0.15) is 31.2 Å². The van der Waals surface area contributed by atoms with E-state index >= 15 is 0 Å². The van der Waals surface area contributed by atoms with Gasteiger partial charge < -0.3 is 11.1 Å². The molecule has 0 heterocycles. The van der Waals surface area contributed by atoms with Gasteiger partial charge in [0, 0.05) is 6.54 Å². The van der Waals surface area contributed by atoms with Gasteiger partial charge in [-0.25, -0.2) is 0 Å². The van der Waals surface area contributed by atoms with E-state index in [0.717, 1.165) is 23.8 Å². The molecule has 1 fully saturated rings. The summed E-state index contributed by atoms with van der Waals surface area (Å²) in [6.07, 6.45) is 5.54. The van der Waals surface area contributed by atoms with Crippen LogP contribution in [0.3, 0.4) is 0 Å². The minimum atomic E-state index is 0.862. The Morgan fingerprint density at radius 2 is 2.20 bits per heavy atom. The molecule has 1 aromatic rings. The molecule has 2 heteroatoms. The standard InChI is InChI=1S/C13H20N2/c1-10-4-7-13(12(14)9-10)15-8-2-3-11-5-6-11/h4,7,9,11,15H,2-3,5-6,8,14H2,1H3. The summed E-state index contributed by atoms with van der Waals surface area (Å²) in [5.74, 6) is 1.03. The Balaban J connectivity index is 1.76. The summed E-state index contributed by atoms with van der Waals surface area (Å²) in [5.41, 5.74) is 9.07. The molecule has 1 aliphatic carbocycles. The van der Waals surface area contributed by atoms with E-state index in [2.05, 4.69) is 24.4 Å². The molecule has 0 aromatic heterocycles. The van der Waals surface area contributed by atoms with Crippen molar-refractivity contribution in [3.8, 4) is 0 Å². The third-order valence-corrected chi connectivity index (χ3v) is 3.01. The van der Waals surface area contributed by atoms with Gasteiger partial charge in [0.1, 0.15) is 0 Å². The van der Waals surface area contributed by atoms with Crippen LogP contribution in [0.25, 0.3) is 0 Å². The van der Waals surface area contributed by atoms with E-state index in [1.54, 1.807) is 0 Å². The Labute approximate surface area is 91.9 Å². The van der Waals surface area contributed by atoms with Crippen molar-refractivity contribution in [2.75, 3.05) is 17.6 Å². The van der Waals surface area contributed by atoms with Crippen LogP contribution in [-0.4, -0.2) is 6.54 Å². The molecule has 3 N–H and O–H groups in total. The molecular weight excluding hydrogens is 184 g/mol. The average Bonchev–Trinajstić information content (AvgIpc) is 2.99. The molecule has 0 unspecified atom stereocenters. The van der Waals surface area contributed by atoms with Crippen molar-refractivity contribution >= 4 is 11.4 Å². The molecule has 0 amide bonds. The second-order valence-electron chi connectivity index (χ2n) is 4.60. The van der Waals surface area contributed by atoms with E-state index < -0.39 is 0 Å². The maximum Gasteiger partial charge on any atom is 0.0574 e. The van der Waals surface area contributed by atoms with Crippen molar-refractivity contribution in [1.29, 1.82) is 0 Å². The maximum atomic E-state index is 5.91. The molecule has 0 bridgehead atoms. The van der Waals surface area contributed by atoms with E-state index in [9.17, 15) is 0 Å². The molecule has 2 nitrogen and oxygen atoms in total. The van der Waals surface area contributed by atoms with E-state index in [4.69, 9.17) is 5.73 Å². The second kappa shape index (κ2) is 4.56. The van der Waals surface area contributed by atoms with Crippen molar-refractivity contribution in [1.82, 2.24) is 0 Å². The minimum absolute atomic E-state index is 0.862. The Kier molecular flexibility index (Phi) is 3.14. The zero-order valence-electron chi connectivity index (χ0n) is 9.42. The first-order valence-corrected chi connectivity index (χ1v) is 5.86. The van der Waals surface area contributed by atoms with Crippen molar-refractivity contribution in [2.24, 2.45) is 5.92 Å². The minimum Gasteiger partial charge on any atom is -0.397 e. The summed E-state index contributed by atoms with van der Waals surface area (Å²) in [6.45, 7) is 3.11. The number of anilines is 2. The van der Waals surface area contributed by atoms with Crippen LogP contribution in [0.2, 0.25) is 0 Å². The van der Waals surface area contributed by atoms with Gasteiger partial charge in [-0.05, 0) is 43.4 Å². The van der Waals surface area contributed by atoms with Crippen LogP contribution in [-0.2, 0) is 0 Å². The molecule has 0 spiro atoms. The fourth-order valence-corrected chi connectivity index (χ4v) is 1.86. The summed E-state index contributed by atoms with van der Waals surface area (Å²) in [4.78, 5) is 0. The van der Waals surface area contributed by atoms with Gasteiger partial charge in [-0.2, -0.15) is 0 Å². The molecule has 1 aliphatic rings. The lowest BCUT2D eigenvalue weighted by molar-refractivity contribution is 0.687. The lowest BCUT2D eigenvalue weighted by atomic mass is 10.2. The quantitative estimate of drug-likeness (QED) is 0.571. The Morgan fingerprint density at radius 3 is 2.87 bits per heavy atom. The number of aryl methyl sites for hydroxylation is 1. The zero-order chi connectivity index (χ0) is 10.7. The fraction of sp³-hybridized carbons (Fsp3) is 0.538. The highest BCUT2D eigenvalue weighted by atomic mass is 14.9. The molecule has 15 heavy (non-hydrogen) atoms. The van der Waals surface area contributed by atoms with Gasteiger partial charge in [-0.15, -0.1) is 0 Å². The van der Waals surface area contributed by atoms with Crippen LogP contribution in [0, 0.1) is 12.8 Å². The van der Waals surface area contributed by atoms with Crippen LogP contribution < -0.4 is 11.1 Å². The van der Waals surface area contributed by atoms with Crippen LogP contribution in [0.15, 0.2) is 18.2 Å². The lowest BCUT2D eigenvalue weighted by Crippen LogP contribution is -2.04. The molecule has 82 valence electrons. The largest absolute Gasteiger partial charge is 0.397 e. The predicted molar refractivity (Wildman–Crippen MR) is 66.0 cm³/mol. The molecular formula is C13H20N2. The molecule has 1 saturated carbocycles. The number of nitrogen functional groups attached to an aromatic ring is 1. The van der Waals surface area contributed by atoms with E-state index in [0.29, 0.717) is 0 Å². The Bertz CT molecular complexity index is 329. The summed E-state index contributed by atoms with van der Waals surface area (Å²) in [7, 11) is 0. The van der Waals surface area contributed by atoms with Gasteiger partial charge in [0.15, 0.2) is 0 Å². The molecule has 1 aromatic carbocycles. The van der Waals surface area contributed by atoms with Gasteiger partial charge in [0.2, 0.25) is 0 Å². The van der Waals surface area contributed by atoms with Crippen LogP contribution in [0.4, 0.5) is 11.4 Å². The highest BCUT2D eigenvalue weighted by Crippen LogP contribution is 2.33. The second-order valence-corrected chi connectivity index (χ2v) is 4.60. The number of benzene rings is 1. The number of hydrogen-bond donors (Lipinski definition) is 2. The molecule has 0 radical (unpaired) electrons. The monoisotopic (exact) mass is 204 g/mol. The number of hydrogen-bond acceptors (Lipinski definition) is 2. The molecule has 0 atom stereocenters.